The maximum absolute atomic E-state index is 11.4. The largest absolute Gasteiger partial charge is 0.352 e. The van der Waals surface area contributed by atoms with Crippen LogP contribution >= 0.6 is 11.6 Å². The molecule has 0 heterocycles. The van der Waals surface area contributed by atoms with Gasteiger partial charge in [-0.2, -0.15) is 0 Å². The highest BCUT2D eigenvalue weighted by Crippen LogP contribution is 2.15. The van der Waals surface area contributed by atoms with E-state index in [4.69, 9.17) is 11.6 Å². The van der Waals surface area contributed by atoms with E-state index in [-0.39, 0.29) is 5.91 Å². The SMILES string of the molecule is CC(C)CNC(=O)/C=C/c1ccccc1Cl. The first kappa shape index (κ1) is 12.8. The fraction of sp³-hybridized carbons (Fsp3) is 0.308. The summed E-state index contributed by atoms with van der Waals surface area (Å²) in [7, 11) is 0. The van der Waals surface area contributed by atoms with Gasteiger partial charge in [-0.05, 0) is 23.6 Å². The van der Waals surface area contributed by atoms with Crippen LogP contribution < -0.4 is 5.32 Å². The Hall–Kier alpha value is -1.28. The van der Waals surface area contributed by atoms with Gasteiger partial charge in [0.1, 0.15) is 0 Å². The minimum Gasteiger partial charge on any atom is -0.352 e. The van der Waals surface area contributed by atoms with Crippen LogP contribution in [0.2, 0.25) is 5.02 Å². The third kappa shape index (κ3) is 4.49. The molecule has 0 fully saturated rings. The Labute approximate surface area is 101 Å². The van der Waals surface area contributed by atoms with Crippen molar-refractivity contribution in [3.05, 3.63) is 40.9 Å². The van der Waals surface area contributed by atoms with Crippen molar-refractivity contribution in [2.75, 3.05) is 6.54 Å². The van der Waals surface area contributed by atoms with E-state index in [0.29, 0.717) is 17.5 Å². The lowest BCUT2D eigenvalue weighted by molar-refractivity contribution is -0.116. The maximum Gasteiger partial charge on any atom is 0.244 e. The highest BCUT2D eigenvalue weighted by molar-refractivity contribution is 6.32. The summed E-state index contributed by atoms with van der Waals surface area (Å²) in [6.07, 6.45) is 3.22. The lowest BCUT2D eigenvalue weighted by Gasteiger charge is -2.04. The number of carbonyl (C=O) groups is 1. The van der Waals surface area contributed by atoms with Gasteiger partial charge in [-0.3, -0.25) is 4.79 Å². The van der Waals surface area contributed by atoms with Gasteiger partial charge in [0.05, 0.1) is 0 Å². The molecule has 3 heteroatoms. The van der Waals surface area contributed by atoms with Crippen LogP contribution in [-0.4, -0.2) is 12.5 Å². The molecule has 0 saturated carbocycles. The van der Waals surface area contributed by atoms with Crippen molar-refractivity contribution in [1.29, 1.82) is 0 Å². The van der Waals surface area contributed by atoms with Crippen molar-refractivity contribution in [1.82, 2.24) is 5.32 Å². The predicted molar refractivity (Wildman–Crippen MR) is 68.3 cm³/mol. The first-order chi connectivity index (χ1) is 7.59. The van der Waals surface area contributed by atoms with Crippen LogP contribution in [0.1, 0.15) is 19.4 Å². The Kier molecular flexibility index (Phi) is 5.06. The molecule has 1 N–H and O–H groups in total. The van der Waals surface area contributed by atoms with Gasteiger partial charge in [0.15, 0.2) is 0 Å². The Morgan fingerprint density at radius 3 is 2.75 bits per heavy atom. The molecule has 1 aromatic rings. The molecule has 0 saturated heterocycles. The number of hydrogen-bond donors (Lipinski definition) is 1. The predicted octanol–water partition coefficient (Wildman–Crippen LogP) is 3.13. The summed E-state index contributed by atoms with van der Waals surface area (Å²) in [4.78, 5) is 11.4. The summed E-state index contributed by atoms with van der Waals surface area (Å²) < 4.78 is 0. The molecule has 86 valence electrons. The summed E-state index contributed by atoms with van der Waals surface area (Å²) in [6.45, 7) is 4.79. The van der Waals surface area contributed by atoms with E-state index in [2.05, 4.69) is 19.2 Å². The monoisotopic (exact) mass is 237 g/mol. The molecule has 0 atom stereocenters. The van der Waals surface area contributed by atoms with Gasteiger partial charge in [0, 0.05) is 17.6 Å². The lowest BCUT2D eigenvalue weighted by Crippen LogP contribution is -2.25. The Balaban J connectivity index is 2.54. The second-order valence-electron chi connectivity index (χ2n) is 3.99. The van der Waals surface area contributed by atoms with Crippen LogP contribution in [0.3, 0.4) is 0 Å². The minimum atomic E-state index is -0.0892. The number of amides is 1. The molecule has 1 rings (SSSR count). The average molecular weight is 238 g/mol. The second-order valence-corrected chi connectivity index (χ2v) is 4.40. The van der Waals surface area contributed by atoms with Gasteiger partial charge in [-0.1, -0.05) is 43.6 Å². The van der Waals surface area contributed by atoms with Gasteiger partial charge in [0.25, 0.3) is 0 Å². The molecule has 0 aliphatic rings. The van der Waals surface area contributed by atoms with Gasteiger partial charge < -0.3 is 5.32 Å². The number of rotatable bonds is 4. The van der Waals surface area contributed by atoms with E-state index in [1.807, 2.05) is 18.2 Å². The molecule has 0 spiro atoms. The van der Waals surface area contributed by atoms with E-state index in [9.17, 15) is 4.79 Å². The molecule has 0 aromatic heterocycles. The summed E-state index contributed by atoms with van der Waals surface area (Å²) in [5, 5.41) is 3.45. The zero-order valence-corrected chi connectivity index (χ0v) is 10.3. The number of carbonyl (C=O) groups excluding carboxylic acids is 1. The summed E-state index contributed by atoms with van der Waals surface area (Å²) in [6, 6.07) is 7.41. The van der Waals surface area contributed by atoms with Crippen LogP contribution in [0.25, 0.3) is 6.08 Å². The first-order valence-electron chi connectivity index (χ1n) is 5.30. The maximum atomic E-state index is 11.4. The molecule has 0 aliphatic carbocycles. The van der Waals surface area contributed by atoms with Crippen molar-refractivity contribution in [3.8, 4) is 0 Å². The van der Waals surface area contributed by atoms with Crippen molar-refractivity contribution in [2.45, 2.75) is 13.8 Å². The molecular weight excluding hydrogens is 222 g/mol. The summed E-state index contributed by atoms with van der Waals surface area (Å²) >= 11 is 5.95. The third-order valence-electron chi connectivity index (χ3n) is 2.00. The zero-order valence-electron chi connectivity index (χ0n) is 9.53. The summed E-state index contributed by atoms with van der Waals surface area (Å²) in [5.41, 5.74) is 0.851. The van der Waals surface area contributed by atoms with Gasteiger partial charge in [-0.25, -0.2) is 0 Å². The van der Waals surface area contributed by atoms with Crippen molar-refractivity contribution < 1.29 is 4.79 Å². The third-order valence-corrected chi connectivity index (χ3v) is 2.35. The number of hydrogen-bond acceptors (Lipinski definition) is 1. The Morgan fingerprint density at radius 1 is 1.44 bits per heavy atom. The highest BCUT2D eigenvalue weighted by atomic mass is 35.5. The molecule has 2 nitrogen and oxygen atoms in total. The quantitative estimate of drug-likeness (QED) is 0.801. The van der Waals surface area contributed by atoms with Crippen LogP contribution in [0, 0.1) is 5.92 Å². The van der Waals surface area contributed by atoms with Gasteiger partial charge >= 0.3 is 0 Å². The smallest absolute Gasteiger partial charge is 0.244 e. The molecule has 16 heavy (non-hydrogen) atoms. The summed E-state index contributed by atoms with van der Waals surface area (Å²) in [5.74, 6) is 0.367. The van der Waals surface area contributed by atoms with Crippen molar-refractivity contribution in [3.63, 3.8) is 0 Å². The fourth-order valence-electron chi connectivity index (χ4n) is 1.14. The zero-order chi connectivity index (χ0) is 12.0. The molecule has 0 unspecified atom stereocenters. The van der Waals surface area contributed by atoms with Crippen molar-refractivity contribution in [2.24, 2.45) is 5.92 Å². The lowest BCUT2D eigenvalue weighted by atomic mass is 10.2. The van der Waals surface area contributed by atoms with E-state index in [1.54, 1.807) is 12.1 Å². The average Bonchev–Trinajstić information content (AvgIpc) is 2.25. The number of benzene rings is 1. The van der Waals surface area contributed by atoms with Crippen LogP contribution in [0.5, 0.6) is 0 Å². The molecule has 1 amide bonds. The van der Waals surface area contributed by atoms with E-state index < -0.39 is 0 Å². The van der Waals surface area contributed by atoms with E-state index in [0.717, 1.165) is 5.56 Å². The van der Waals surface area contributed by atoms with Gasteiger partial charge in [0.2, 0.25) is 5.91 Å². The van der Waals surface area contributed by atoms with Crippen LogP contribution in [-0.2, 0) is 4.79 Å². The standard InChI is InChI=1S/C13H16ClNO/c1-10(2)9-15-13(16)8-7-11-5-3-4-6-12(11)14/h3-8,10H,9H2,1-2H3,(H,15,16)/b8-7+. The minimum absolute atomic E-state index is 0.0892. The van der Waals surface area contributed by atoms with Crippen LogP contribution in [0.4, 0.5) is 0 Å². The Morgan fingerprint density at radius 2 is 2.12 bits per heavy atom. The Bertz CT molecular complexity index is 385. The molecule has 1 aromatic carbocycles. The molecular formula is C13H16ClNO. The second kappa shape index (κ2) is 6.33. The van der Waals surface area contributed by atoms with E-state index in [1.165, 1.54) is 6.08 Å². The normalized spacial score (nSPS) is 11.0. The number of nitrogens with one attached hydrogen (secondary N) is 1. The van der Waals surface area contributed by atoms with Crippen molar-refractivity contribution >= 4 is 23.6 Å². The fourth-order valence-corrected chi connectivity index (χ4v) is 1.34. The molecule has 0 bridgehead atoms. The first-order valence-corrected chi connectivity index (χ1v) is 5.68. The van der Waals surface area contributed by atoms with Crippen LogP contribution in [0.15, 0.2) is 30.3 Å². The molecule has 0 radical (unpaired) electrons. The van der Waals surface area contributed by atoms with E-state index >= 15 is 0 Å². The van der Waals surface area contributed by atoms with Gasteiger partial charge in [-0.15, -0.1) is 0 Å². The highest BCUT2D eigenvalue weighted by Gasteiger charge is 1.98. The molecule has 0 aliphatic heterocycles. The topological polar surface area (TPSA) is 29.1 Å². The number of halogens is 1.